The number of hydrogen-bond donors (Lipinski definition) is 0. The number of benzene rings is 1. The van der Waals surface area contributed by atoms with Crippen LogP contribution in [0, 0.1) is 0 Å². The summed E-state index contributed by atoms with van der Waals surface area (Å²) in [7, 11) is 0. The van der Waals surface area contributed by atoms with Crippen molar-refractivity contribution in [3.05, 3.63) is 61.4 Å². The summed E-state index contributed by atoms with van der Waals surface area (Å²) in [6, 6.07) is 11.4. The fraction of sp³-hybridized carbons (Fsp3) is 0. The van der Waals surface area contributed by atoms with E-state index >= 15 is 0 Å². The highest BCUT2D eigenvalue weighted by Crippen LogP contribution is 2.26. The van der Waals surface area contributed by atoms with Gasteiger partial charge in [-0.05, 0) is 24.3 Å². The van der Waals surface area contributed by atoms with Gasteiger partial charge in [-0.3, -0.25) is 9.55 Å². The van der Waals surface area contributed by atoms with Crippen LogP contribution in [0.3, 0.4) is 0 Å². The molecule has 0 atom stereocenters. The molecule has 0 aliphatic heterocycles. The fourth-order valence-electron chi connectivity index (χ4n) is 1.62. The Kier molecular flexibility index (Phi) is 2.71. The maximum atomic E-state index is 5.79. The van der Waals surface area contributed by atoms with E-state index in [0.29, 0.717) is 5.75 Å². The maximum Gasteiger partial charge on any atom is 0.151 e. The summed E-state index contributed by atoms with van der Waals surface area (Å²) in [6.45, 7) is 0. The molecule has 2 heterocycles. The minimum atomic E-state index is 0.693. The lowest BCUT2D eigenvalue weighted by Gasteiger charge is -2.10. The van der Waals surface area contributed by atoms with Crippen LogP contribution in [0.25, 0.3) is 5.69 Å². The lowest BCUT2D eigenvalue weighted by molar-refractivity contribution is 0.477. The molecule has 0 spiro atoms. The summed E-state index contributed by atoms with van der Waals surface area (Å²) in [4.78, 5) is 4.02. The van der Waals surface area contributed by atoms with Crippen LogP contribution in [0.15, 0.2) is 61.4 Å². The molecular formula is C13H10N4O. The van der Waals surface area contributed by atoms with Crippen LogP contribution in [0.5, 0.6) is 11.5 Å². The molecule has 0 amide bonds. The zero-order valence-electron chi connectivity index (χ0n) is 9.47. The Morgan fingerprint density at radius 3 is 2.56 bits per heavy atom. The Hall–Kier alpha value is -2.69. The Bertz CT molecular complexity index is 623. The molecule has 0 fully saturated rings. The predicted molar refractivity (Wildman–Crippen MR) is 65.7 cm³/mol. The van der Waals surface area contributed by atoms with Crippen LogP contribution < -0.4 is 4.74 Å². The van der Waals surface area contributed by atoms with Gasteiger partial charge in [0.15, 0.2) is 5.75 Å². The van der Waals surface area contributed by atoms with E-state index in [2.05, 4.69) is 15.2 Å². The molecule has 1 aromatic carbocycles. The molecule has 5 nitrogen and oxygen atoms in total. The molecule has 0 unspecified atom stereocenters. The van der Waals surface area contributed by atoms with Gasteiger partial charge in [0.05, 0.1) is 11.9 Å². The third-order valence-corrected chi connectivity index (χ3v) is 2.42. The number of para-hydroxylation sites is 2. The van der Waals surface area contributed by atoms with Gasteiger partial charge in [0.2, 0.25) is 0 Å². The second-order valence-corrected chi connectivity index (χ2v) is 3.63. The molecule has 88 valence electrons. The average molecular weight is 238 g/mol. The topological polar surface area (TPSA) is 52.8 Å². The summed E-state index contributed by atoms with van der Waals surface area (Å²) in [5.41, 5.74) is 0.881. The largest absolute Gasteiger partial charge is 0.454 e. The van der Waals surface area contributed by atoms with Crippen LogP contribution in [0.4, 0.5) is 0 Å². The standard InChI is InChI=1S/C13H10N4O/c1-2-6-13(18-11-4-3-7-14-8-11)12(5-1)17-9-15-16-10-17/h1-10H. The molecule has 0 N–H and O–H groups in total. The molecule has 18 heavy (non-hydrogen) atoms. The van der Waals surface area contributed by atoms with Gasteiger partial charge in [0.25, 0.3) is 0 Å². The third kappa shape index (κ3) is 2.06. The SMILES string of the molecule is c1cncc(Oc2ccccc2-n2cnnc2)c1. The lowest BCUT2D eigenvalue weighted by Crippen LogP contribution is -1.95. The van der Waals surface area contributed by atoms with Gasteiger partial charge < -0.3 is 4.74 Å². The Balaban J connectivity index is 1.98. The average Bonchev–Trinajstić information content (AvgIpc) is 2.94. The van der Waals surface area contributed by atoms with E-state index in [-0.39, 0.29) is 0 Å². The normalized spacial score (nSPS) is 10.2. The summed E-state index contributed by atoms with van der Waals surface area (Å²) in [6.07, 6.45) is 6.64. The van der Waals surface area contributed by atoms with Crippen LogP contribution in [-0.2, 0) is 0 Å². The van der Waals surface area contributed by atoms with Crippen LogP contribution >= 0.6 is 0 Å². The highest BCUT2D eigenvalue weighted by atomic mass is 16.5. The summed E-state index contributed by atoms with van der Waals surface area (Å²) in [5, 5.41) is 7.58. The summed E-state index contributed by atoms with van der Waals surface area (Å²) < 4.78 is 7.59. The predicted octanol–water partition coefficient (Wildman–Crippen LogP) is 2.45. The number of ether oxygens (including phenoxy) is 1. The summed E-state index contributed by atoms with van der Waals surface area (Å²) in [5.74, 6) is 1.42. The molecular weight excluding hydrogens is 228 g/mol. The lowest BCUT2D eigenvalue weighted by atomic mass is 10.3. The van der Waals surface area contributed by atoms with E-state index in [4.69, 9.17) is 4.74 Å². The number of pyridine rings is 1. The van der Waals surface area contributed by atoms with E-state index in [9.17, 15) is 0 Å². The van der Waals surface area contributed by atoms with Crippen molar-refractivity contribution in [3.63, 3.8) is 0 Å². The van der Waals surface area contributed by atoms with E-state index in [1.54, 1.807) is 29.6 Å². The number of hydrogen-bond acceptors (Lipinski definition) is 4. The molecule has 3 aromatic rings. The second-order valence-electron chi connectivity index (χ2n) is 3.63. The molecule has 3 rings (SSSR count). The van der Waals surface area contributed by atoms with Gasteiger partial charge >= 0.3 is 0 Å². The minimum absolute atomic E-state index is 0.693. The van der Waals surface area contributed by atoms with Crippen molar-refractivity contribution in [2.24, 2.45) is 0 Å². The smallest absolute Gasteiger partial charge is 0.151 e. The Morgan fingerprint density at radius 2 is 1.78 bits per heavy atom. The second kappa shape index (κ2) is 4.67. The van der Waals surface area contributed by atoms with E-state index < -0.39 is 0 Å². The van der Waals surface area contributed by atoms with Crippen molar-refractivity contribution in [1.82, 2.24) is 19.7 Å². The molecule has 0 saturated carbocycles. The Labute approximate surface area is 104 Å². The number of nitrogens with zero attached hydrogens (tertiary/aromatic N) is 4. The molecule has 0 aliphatic carbocycles. The first-order chi connectivity index (χ1) is 8.93. The van der Waals surface area contributed by atoms with E-state index in [0.717, 1.165) is 11.4 Å². The fourth-order valence-corrected chi connectivity index (χ4v) is 1.62. The highest BCUT2D eigenvalue weighted by molar-refractivity contribution is 5.48. The maximum absolute atomic E-state index is 5.79. The quantitative estimate of drug-likeness (QED) is 0.703. The first-order valence-corrected chi connectivity index (χ1v) is 5.45. The third-order valence-electron chi connectivity index (χ3n) is 2.42. The van der Waals surface area contributed by atoms with Crippen molar-refractivity contribution in [3.8, 4) is 17.2 Å². The van der Waals surface area contributed by atoms with Crippen molar-refractivity contribution in [2.45, 2.75) is 0 Å². The van der Waals surface area contributed by atoms with Gasteiger partial charge in [-0.2, -0.15) is 0 Å². The molecule has 0 radical (unpaired) electrons. The van der Waals surface area contributed by atoms with Crippen molar-refractivity contribution < 1.29 is 4.74 Å². The van der Waals surface area contributed by atoms with Gasteiger partial charge in [-0.15, -0.1) is 10.2 Å². The van der Waals surface area contributed by atoms with E-state index in [1.165, 1.54) is 0 Å². The zero-order valence-corrected chi connectivity index (χ0v) is 9.47. The van der Waals surface area contributed by atoms with Gasteiger partial charge in [0, 0.05) is 6.20 Å². The van der Waals surface area contributed by atoms with E-state index in [1.807, 2.05) is 36.4 Å². The number of rotatable bonds is 3. The molecule has 0 saturated heterocycles. The molecule has 0 bridgehead atoms. The molecule has 2 aromatic heterocycles. The van der Waals surface area contributed by atoms with Crippen molar-refractivity contribution in [1.29, 1.82) is 0 Å². The number of aromatic nitrogens is 4. The van der Waals surface area contributed by atoms with Gasteiger partial charge in [-0.25, -0.2) is 0 Å². The first kappa shape index (κ1) is 10.5. The summed E-state index contributed by atoms with van der Waals surface area (Å²) >= 11 is 0. The Morgan fingerprint density at radius 1 is 0.944 bits per heavy atom. The zero-order chi connectivity index (χ0) is 12.2. The van der Waals surface area contributed by atoms with Gasteiger partial charge in [-0.1, -0.05) is 12.1 Å². The molecule has 5 heteroatoms. The monoisotopic (exact) mass is 238 g/mol. The first-order valence-electron chi connectivity index (χ1n) is 5.45. The molecule has 0 aliphatic rings. The van der Waals surface area contributed by atoms with Crippen LogP contribution in [-0.4, -0.2) is 19.7 Å². The van der Waals surface area contributed by atoms with Crippen molar-refractivity contribution >= 4 is 0 Å². The van der Waals surface area contributed by atoms with Crippen molar-refractivity contribution in [2.75, 3.05) is 0 Å². The van der Waals surface area contributed by atoms with Crippen LogP contribution in [0.2, 0.25) is 0 Å². The van der Waals surface area contributed by atoms with Gasteiger partial charge in [0.1, 0.15) is 18.4 Å². The van der Waals surface area contributed by atoms with Crippen LogP contribution in [0.1, 0.15) is 0 Å². The highest BCUT2D eigenvalue weighted by Gasteiger charge is 2.06. The minimum Gasteiger partial charge on any atom is -0.454 e.